The van der Waals surface area contributed by atoms with E-state index in [9.17, 15) is 23.2 Å². The molecule has 10 heteroatoms. The van der Waals surface area contributed by atoms with Gasteiger partial charge in [0.15, 0.2) is 11.6 Å². The number of carbonyl (C=O) groups excluding carboxylic acids is 1. The van der Waals surface area contributed by atoms with Crippen molar-refractivity contribution in [1.82, 2.24) is 19.8 Å². The molecular formula is C28H21ClF3N5O. The minimum Gasteiger partial charge on any atom is -0.333 e. The third-order valence-corrected chi connectivity index (χ3v) is 6.81. The predicted molar refractivity (Wildman–Crippen MR) is 138 cm³/mol. The second-order valence-electron chi connectivity index (χ2n) is 8.90. The van der Waals surface area contributed by atoms with Gasteiger partial charge in [-0.25, -0.2) is 18.6 Å². The van der Waals surface area contributed by atoms with E-state index in [2.05, 4.69) is 21.3 Å². The van der Waals surface area contributed by atoms with Gasteiger partial charge in [-0.1, -0.05) is 35.9 Å². The lowest BCUT2D eigenvalue weighted by Gasteiger charge is -2.27. The van der Waals surface area contributed by atoms with Gasteiger partial charge in [0.25, 0.3) is 0 Å². The molecule has 5 rings (SSSR count). The number of fused-ring (bicyclic) bond motifs is 3. The van der Waals surface area contributed by atoms with Crippen LogP contribution in [0.4, 0.5) is 18.0 Å². The predicted octanol–water partition coefficient (Wildman–Crippen LogP) is 5.81. The second-order valence-corrected chi connectivity index (χ2v) is 9.31. The van der Waals surface area contributed by atoms with Crippen LogP contribution in [0.3, 0.4) is 0 Å². The minimum absolute atomic E-state index is 0.107. The Labute approximate surface area is 221 Å². The molecular weight excluding hydrogens is 515 g/mol. The first-order chi connectivity index (χ1) is 18.4. The number of hydrogen-bond donors (Lipinski definition) is 1. The van der Waals surface area contributed by atoms with Gasteiger partial charge in [0, 0.05) is 55.4 Å². The fourth-order valence-corrected chi connectivity index (χ4v) is 4.82. The van der Waals surface area contributed by atoms with Gasteiger partial charge in [-0.15, -0.1) is 0 Å². The third-order valence-electron chi connectivity index (χ3n) is 6.52. The quantitative estimate of drug-likeness (QED) is 0.259. The SMILES string of the molecule is N#Cc1ccc2c3c(n(C(=O)NCc4ccnc(F)c4)c2c1)CCN(C/C=C/c1ccc(Cl)c(F)c1F)C3. The minimum atomic E-state index is -1.08. The van der Waals surface area contributed by atoms with Gasteiger partial charge in [-0.3, -0.25) is 9.47 Å². The van der Waals surface area contributed by atoms with E-state index < -0.39 is 17.6 Å². The van der Waals surface area contributed by atoms with E-state index in [1.165, 1.54) is 30.5 Å². The molecule has 38 heavy (non-hydrogen) atoms. The first-order valence-electron chi connectivity index (χ1n) is 11.8. The summed E-state index contributed by atoms with van der Waals surface area (Å²) in [6.45, 7) is 1.74. The van der Waals surface area contributed by atoms with Crippen molar-refractivity contribution in [2.75, 3.05) is 13.1 Å². The maximum absolute atomic E-state index is 14.1. The number of rotatable bonds is 5. The van der Waals surface area contributed by atoms with Gasteiger partial charge in [0.1, 0.15) is 0 Å². The molecule has 6 nitrogen and oxygen atoms in total. The number of nitrogens with zero attached hydrogens (tertiary/aromatic N) is 4. The number of aromatic nitrogens is 2. The zero-order valence-corrected chi connectivity index (χ0v) is 20.8. The van der Waals surface area contributed by atoms with Crippen molar-refractivity contribution in [2.45, 2.75) is 19.5 Å². The van der Waals surface area contributed by atoms with Crippen LogP contribution < -0.4 is 5.32 Å². The van der Waals surface area contributed by atoms with E-state index >= 15 is 0 Å². The van der Waals surface area contributed by atoms with Crippen LogP contribution in [0.25, 0.3) is 17.0 Å². The van der Waals surface area contributed by atoms with Crippen molar-refractivity contribution >= 4 is 34.6 Å². The summed E-state index contributed by atoms with van der Waals surface area (Å²) in [5.74, 6) is -2.70. The normalized spacial score (nSPS) is 13.6. The summed E-state index contributed by atoms with van der Waals surface area (Å²) in [4.78, 5) is 19.0. The van der Waals surface area contributed by atoms with Gasteiger partial charge in [-0.2, -0.15) is 9.65 Å². The molecule has 3 heterocycles. The summed E-state index contributed by atoms with van der Waals surface area (Å²) in [5, 5.41) is 12.8. The van der Waals surface area contributed by atoms with E-state index in [-0.39, 0.29) is 23.2 Å². The van der Waals surface area contributed by atoms with Gasteiger partial charge in [0.2, 0.25) is 5.95 Å². The molecule has 0 spiro atoms. The summed E-state index contributed by atoms with van der Waals surface area (Å²) < 4.78 is 42.9. The maximum Gasteiger partial charge on any atom is 0.326 e. The molecule has 0 saturated carbocycles. The molecule has 1 aliphatic rings. The van der Waals surface area contributed by atoms with Crippen LogP contribution in [0.2, 0.25) is 5.02 Å². The Morgan fingerprint density at radius 1 is 1.16 bits per heavy atom. The summed E-state index contributed by atoms with van der Waals surface area (Å²) >= 11 is 5.62. The van der Waals surface area contributed by atoms with Crippen LogP contribution >= 0.6 is 11.6 Å². The van der Waals surface area contributed by atoms with Crippen molar-refractivity contribution in [3.63, 3.8) is 0 Å². The smallest absolute Gasteiger partial charge is 0.326 e. The fourth-order valence-electron chi connectivity index (χ4n) is 4.68. The molecule has 0 saturated heterocycles. The van der Waals surface area contributed by atoms with E-state index in [0.29, 0.717) is 42.7 Å². The highest BCUT2D eigenvalue weighted by Gasteiger charge is 2.26. The lowest BCUT2D eigenvalue weighted by Crippen LogP contribution is -2.34. The Bertz CT molecular complexity index is 1630. The van der Waals surface area contributed by atoms with Crippen molar-refractivity contribution in [3.8, 4) is 6.07 Å². The standard InChI is InChI=1S/C28H21ClF3N5O/c29-22-6-4-19(26(31)27(22)32)2-1-10-36-11-8-23-21(16-36)20-5-3-17(14-33)12-24(20)37(23)28(38)35-15-18-7-9-34-25(30)13-18/h1-7,9,12-13H,8,10-11,15-16H2,(H,35,38)/b2-1+. The number of halogens is 4. The molecule has 1 amide bonds. The largest absolute Gasteiger partial charge is 0.333 e. The molecule has 2 aromatic carbocycles. The first kappa shape index (κ1) is 25.5. The number of nitriles is 1. The van der Waals surface area contributed by atoms with Crippen LogP contribution in [0.1, 0.15) is 27.9 Å². The molecule has 4 aromatic rings. The number of amides is 1. The molecule has 2 aromatic heterocycles. The zero-order chi connectivity index (χ0) is 26.8. The average molecular weight is 536 g/mol. The van der Waals surface area contributed by atoms with Gasteiger partial charge < -0.3 is 5.32 Å². The molecule has 0 unspecified atom stereocenters. The molecule has 0 fully saturated rings. The van der Waals surface area contributed by atoms with Gasteiger partial charge in [-0.05, 0) is 41.5 Å². The summed E-state index contributed by atoms with van der Waals surface area (Å²) in [6.07, 6.45) is 5.16. The van der Waals surface area contributed by atoms with Gasteiger partial charge >= 0.3 is 6.03 Å². The van der Waals surface area contributed by atoms with Crippen LogP contribution in [0.15, 0.2) is 54.7 Å². The Morgan fingerprint density at radius 2 is 2.00 bits per heavy atom. The lowest BCUT2D eigenvalue weighted by atomic mass is 10.0. The molecule has 1 aliphatic heterocycles. The third kappa shape index (κ3) is 5.01. The fraction of sp³-hybridized carbons (Fsp3) is 0.179. The number of carbonyl (C=O) groups is 1. The van der Waals surface area contributed by atoms with Crippen LogP contribution in [0, 0.1) is 28.9 Å². The molecule has 192 valence electrons. The van der Waals surface area contributed by atoms with Crippen LogP contribution in [-0.4, -0.2) is 33.6 Å². The highest BCUT2D eigenvalue weighted by molar-refractivity contribution is 6.30. The zero-order valence-electron chi connectivity index (χ0n) is 20.0. The van der Waals surface area contributed by atoms with Gasteiger partial charge in [0.05, 0.1) is 22.2 Å². The summed E-state index contributed by atoms with van der Waals surface area (Å²) in [6, 6.07) is 12.6. The summed E-state index contributed by atoms with van der Waals surface area (Å²) in [5.41, 5.74) is 3.51. The Balaban J connectivity index is 1.39. The average Bonchev–Trinajstić information content (AvgIpc) is 3.24. The molecule has 1 N–H and O–H groups in total. The number of nitrogens with one attached hydrogen (secondary N) is 1. The number of benzene rings is 2. The Morgan fingerprint density at radius 3 is 2.79 bits per heavy atom. The highest BCUT2D eigenvalue weighted by atomic mass is 35.5. The van der Waals surface area contributed by atoms with E-state index in [1.807, 2.05) is 6.07 Å². The second kappa shape index (κ2) is 10.7. The monoisotopic (exact) mass is 535 g/mol. The van der Waals surface area contributed by atoms with E-state index in [1.54, 1.807) is 28.8 Å². The summed E-state index contributed by atoms with van der Waals surface area (Å²) in [7, 11) is 0. The number of hydrogen-bond acceptors (Lipinski definition) is 4. The number of pyridine rings is 1. The van der Waals surface area contributed by atoms with Crippen LogP contribution in [-0.2, 0) is 19.5 Å². The highest BCUT2D eigenvalue weighted by Crippen LogP contribution is 2.32. The maximum atomic E-state index is 14.1. The molecule has 0 radical (unpaired) electrons. The molecule has 0 atom stereocenters. The lowest BCUT2D eigenvalue weighted by molar-refractivity contribution is 0.240. The topological polar surface area (TPSA) is 74.0 Å². The molecule has 0 bridgehead atoms. The van der Waals surface area contributed by atoms with Crippen LogP contribution in [0.5, 0.6) is 0 Å². The van der Waals surface area contributed by atoms with E-state index in [4.69, 9.17) is 11.6 Å². The molecule has 0 aliphatic carbocycles. The first-order valence-corrected chi connectivity index (χ1v) is 12.2. The van der Waals surface area contributed by atoms with Crippen molar-refractivity contribution < 1.29 is 18.0 Å². The van der Waals surface area contributed by atoms with Crippen molar-refractivity contribution in [3.05, 3.63) is 105 Å². The van der Waals surface area contributed by atoms with Crippen molar-refractivity contribution in [2.24, 2.45) is 0 Å². The van der Waals surface area contributed by atoms with Crippen molar-refractivity contribution in [1.29, 1.82) is 5.26 Å². The Hall–Kier alpha value is -4.13. The Kier molecular flexibility index (Phi) is 7.18. The van der Waals surface area contributed by atoms with E-state index in [0.717, 1.165) is 16.6 Å².